The Morgan fingerprint density at radius 2 is 2.03 bits per heavy atom. The molecule has 2 aliphatic rings. The lowest BCUT2D eigenvalue weighted by molar-refractivity contribution is -0.0447. The topological polar surface area (TPSA) is 164 Å². The molecule has 1 fully saturated rings. The zero-order chi connectivity index (χ0) is 28.3. The first-order chi connectivity index (χ1) is 18.4. The molecule has 39 heavy (non-hydrogen) atoms. The molecule has 0 spiro atoms. The van der Waals surface area contributed by atoms with Crippen LogP contribution in [0.3, 0.4) is 0 Å². The normalized spacial score (nSPS) is 25.5. The number of nitrogens with zero attached hydrogens (tertiary/aromatic N) is 5. The van der Waals surface area contributed by atoms with Crippen molar-refractivity contribution in [1.82, 2.24) is 35.1 Å². The lowest BCUT2D eigenvalue weighted by atomic mass is 9.77. The maximum Gasteiger partial charge on any atom is 0.319 e. The number of amides is 2. The Morgan fingerprint density at radius 1 is 1.26 bits per heavy atom. The van der Waals surface area contributed by atoms with E-state index in [0.29, 0.717) is 42.6 Å². The van der Waals surface area contributed by atoms with E-state index in [1.54, 1.807) is 4.57 Å². The Morgan fingerprint density at radius 3 is 2.69 bits per heavy atom. The van der Waals surface area contributed by atoms with Crippen molar-refractivity contribution in [2.24, 2.45) is 17.3 Å². The number of allylic oxidation sites excluding steroid dienone is 3. The van der Waals surface area contributed by atoms with Crippen LogP contribution >= 0.6 is 0 Å². The number of nitrogens with two attached hydrogens (primary N) is 1. The van der Waals surface area contributed by atoms with E-state index >= 15 is 0 Å². The molecule has 214 valence electrons. The number of hydrogen-bond acceptors (Lipinski definition) is 9. The fourth-order valence-corrected chi connectivity index (χ4v) is 5.05. The summed E-state index contributed by atoms with van der Waals surface area (Å²) in [7, 11) is 0. The largest absolute Gasteiger partial charge is 0.387 e. The second-order valence-corrected chi connectivity index (χ2v) is 11.9. The third-order valence-corrected chi connectivity index (χ3v) is 7.24. The van der Waals surface area contributed by atoms with Crippen LogP contribution in [0.1, 0.15) is 47.3 Å². The quantitative estimate of drug-likeness (QED) is 0.318. The molecule has 2 aromatic rings. The number of anilines is 1. The second-order valence-electron chi connectivity index (χ2n) is 11.9. The number of rotatable bonds is 9. The van der Waals surface area contributed by atoms with Gasteiger partial charge in [0.1, 0.15) is 30.2 Å². The molecule has 5 atom stereocenters. The Kier molecular flexibility index (Phi) is 8.90. The molecule has 0 bridgehead atoms. The molecule has 0 saturated carbocycles. The average molecular weight is 543 g/mol. The molecule has 4 rings (SSSR count). The van der Waals surface area contributed by atoms with E-state index in [1.165, 1.54) is 12.7 Å². The minimum Gasteiger partial charge on any atom is -0.387 e. The van der Waals surface area contributed by atoms with Crippen molar-refractivity contribution < 1.29 is 19.7 Å². The number of urea groups is 1. The highest BCUT2D eigenvalue weighted by Crippen LogP contribution is 2.33. The number of ether oxygens (including phenoxy) is 1. The molecule has 1 aliphatic heterocycles. The fraction of sp³-hybridized carbons (Fsp3) is 0.630. The van der Waals surface area contributed by atoms with E-state index in [1.807, 2.05) is 6.08 Å². The molecular weight excluding hydrogens is 500 g/mol. The van der Waals surface area contributed by atoms with Crippen LogP contribution in [0.2, 0.25) is 0 Å². The van der Waals surface area contributed by atoms with Crippen LogP contribution in [0.4, 0.5) is 10.6 Å². The Hall–Kier alpha value is -3.06. The molecule has 2 aromatic heterocycles. The number of aliphatic hydroxyl groups excluding tert-OH is 2. The van der Waals surface area contributed by atoms with Crippen molar-refractivity contribution in [1.29, 1.82) is 0 Å². The predicted octanol–water partition coefficient (Wildman–Crippen LogP) is 1.79. The zero-order valence-corrected chi connectivity index (χ0v) is 23.4. The number of imidazole rings is 1. The van der Waals surface area contributed by atoms with Gasteiger partial charge in [-0.05, 0) is 29.7 Å². The van der Waals surface area contributed by atoms with Gasteiger partial charge >= 0.3 is 6.03 Å². The fourth-order valence-electron chi connectivity index (χ4n) is 5.05. The molecule has 0 aromatic carbocycles. The van der Waals surface area contributed by atoms with Gasteiger partial charge in [0, 0.05) is 31.9 Å². The van der Waals surface area contributed by atoms with Crippen LogP contribution in [0.25, 0.3) is 11.2 Å². The lowest BCUT2D eigenvalue weighted by Crippen LogP contribution is -2.45. The first-order valence-electron chi connectivity index (χ1n) is 13.5. The third-order valence-electron chi connectivity index (χ3n) is 7.24. The van der Waals surface area contributed by atoms with Gasteiger partial charge in [0.25, 0.3) is 0 Å². The number of fused-ring (bicyclic) bond motifs is 1. The summed E-state index contributed by atoms with van der Waals surface area (Å²) < 4.78 is 7.68. The van der Waals surface area contributed by atoms with E-state index < -0.39 is 24.5 Å². The molecule has 12 heteroatoms. The summed E-state index contributed by atoms with van der Waals surface area (Å²) in [6, 6.07) is -0.259. The van der Waals surface area contributed by atoms with E-state index in [4.69, 9.17) is 10.5 Å². The van der Waals surface area contributed by atoms with Crippen molar-refractivity contribution in [2.75, 3.05) is 31.9 Å². The summed E-state index contributed by atoms with van der Waals surface area (Å²) in [6.07, 6.45) is 6.07. The highest BCUT2D eigenvalue weighted by atomic mass is 16.6. The summed E-state index contributed by atoms with van der Waals surface area (Å²) in [5.41, 5.74) is 7.70. The summed E-state index contributed by atoms with van der Waals surface area (Å²) in [6.45, 7) is 12.9. The van der Waals surface area contributed by atoms with E-state index in [9.17, 15) is 15.0 Å². The number of carbonyl (C=O) groups excluding carboxylic acids is 1. The van der Waals surface area contributed by atoms with Gasteiger partial charge in [-0.2, -0.15) is 0 Å². The summed E-state index contributed by atoms with van der Waals surface area (Å²) in [4.78, 5) is 27.0. The summed E-state index contributed by atoms with van der Waals surface area (Å²) >= 11 is 0. The van der Waals surface area contributed by atoms with Crippen LogP contribution in [-0.4, -0.2) is 85.2 Å². The average Bonchev–Trinajstić information content (AvgIpc) is 3.41. The number of nitrogen functional groups attached to an aromatic ring is 1. The summed E-state index contributed by atoms with van der Waals surface area (Å²) in [5.74, 6) is 1.03. The van der Waals surface area contributed by atoms with Gasteiger partial charge < -0.3 is 31.3 Å². The standard InChI is InChI=1S/C27H42N8O4/c1-16(2)12-34(11-10-29-26(38)33-18-8-6-17(7-9-18)27(3,4)5)13-19-21(36)22(37)25(39-19)35-15-32-20-23(28)30-14-31-24(20)35/h6,8-9,14-17,19,21-22,25,36-37H,7,10-13H2,1-5H3,(H2,28,30,31)(H2,29,33,38)/t17?,19-,21-,22-,25-/m1/s1. The maximum absolute atomic E-state index is 12.5. The second kappa shape index (κ2) is 12.0. The van der Waals surface area contributed by atoms with E-state index in [-0.39, 0.29) is 17.3 Å². The van der Waals surface area contributed by atoms with Gasteiger partial charge in [-0.15, -0.1) is 0 Å². The molecule has 3 heterocycles. The number of aromatic nitrogens is 4. The minimum absolute atomic E-state index is 0.183. The van der Waals surface area contributed by atoms with Crippen LogP contribution in [0.15, 0.2) is 36.6 Å². The van der Waals surface area contributed by atoms with Gasteiger partial charge in [0.15, 0.2) is 17.7 Å². The summed E-state index contributed by atoms with van der Waals surface area (Å²) in [5, 5.41) is 27.4. The Balaban J connectivity index is 1.31. The Labute approximate surface area is 229 Å². The SMILES string of the molecule is CC(C)CN(CCNC(=O)NC1=CCC(C(C)(C)C)C=C1)C[C@H]1O[C@@H](n2cnc3c(N)ncnc32)[C@H](O)[C@@H]1O. The number of carbonyl (C=O) groups is 1. The van der Waals surface area contributed by atoms with Crippen LogP contribution in [0.5, 0.6) is 0 Å². The molecular formula is C27H42N8O4. The van der Waals surface area contributed by atoms with Crippen LogP contribution in [-0.2, 0) is 4.74 Å². The van der Waals surface area contributed by atoms with Gasteiger partial charge in [-0.1, -0.05) is 46.8 Å². The molecule has 2 amide bonds. The van der Waals surface area contributed by atoms with Crippen molar-refractivity contribution in [3.05, 3.63) is 36.6 Å². The predicted molar refractivity (Wildman–Crippen MR) is 148 cm³/mol. The number of aliphatic hydroxyl groups is 2. The van der Waals surface area contributed by atoms with Gasteiger partial charge in [0.2, 0.25) is 0 Å². The number of nitrogens with one attached hydrogen (secondary N) is 2. The molecule has 1 aliphatic carbocycles. The highest BCUT2D eigenvalue weighted by molar-refractivity contribution is 5.81. The molecule has 1 unspecified atom stereocenters. The highest BCUT2D eigenvalue weighted by Gasteiger charge is 2.44. The zero-order valence-electron chi connectivity index (χ0n) is 23.4. The number of hydrogen-bond donors (Lipinski definition) is 5. The lowest BCUT2D eigenvalue weighted by Gasteiger charge is -2.29. The van der Waals surface area contributed by atoms with E-state index in [2.05, 4.69) is 77.3 Å². The van der Waals surface area contributed by atoms with Crippen molar-refractivity contribution in [3.8, 4) is 0 Å². The molecule has 12 nitrogen and oxygen atoms in total. The Bertz CT molecular complexity index is 1200. The van der Waals surface area contributed by atoms with E-state index in [0.717, 1.165) is 18.7 Å². The van der Waals surface area contributed by atoms with Gasteiger partial charge in [0.05, 0.1) is 6.33 Å². The van der Waals surface area contributed by atoms with Crippen molar-refractivity contribution in [2.45, 2.75) is 65.6 Å². The van der Waals surface area contributed by atoms with Crippen LogP contribution in [0, 0.1) is 17.3 Å². The van der Waals surface area contributed by atoms with Crippen molar-refractivity contribution >= 4 is 23.0 Å². The molecule has 6 N–H and O–H groups in total. The van der Waals surface area contributed by atoms with Crippen LogP contribution < -0.4 is 16.4 Å². The molecule has 1 saturated heterocycles. The first kappa shape index (κ1) is 28.9. The van der Waals surface area contributed by atoms with Gasteiger partial charge in [-0.3, -0.25) is 9.47 Å². The monoisotopic (exact) mass is 542 g/mol. The smallest absolute Gasteiger partial charge is 0.319 e. The third kappa shape index (κ3) is 6.93. The van der Waals surface area contributed by atoms with Gasteiger partial charge in [-0.25, -0.2) is 19.7 Å². The van der Waals surface area contributed by atoms with Crippen molar-refractivity contribution in [3.63, 3.8) is 0 Å². The maximum atomic E-state index is 12.5. The minimum atomic E-state index is -1.18. The molecule has 0 radical (unpaired) electrons. The first-order valence-corrected chi connectivity index (χ1v) is 13.5.